The third kappa shape index (κ3) is 3.28. The van der Waals surface area contributed by atoms with E-state index in [9.17, 15) is 8.42 Å². The molecule has 0 radical (unpaired) electrons. The molecule has 1 aliphatic rings. The summed E-state index contributed by atoms with van der Waals surface area (Å²) in [7, 11) is -3.30. The van der Waals surface area contributed by atoms with Crippen molar-refractivity contribution in [3.63, 3.8) is 0 Å². The highest BCUT2D eigenvalue weighted by Crippen LogP contribution is 2.25. The number of rotatable bonds is 4. The number of sulfonamides is 1. The molecule has 1 N–H and O–H groups in total. The summed E-state index contributed by atoms with van der Waals surface area (Å²) in [4.78, 5) is 1.11. The molecule has 0 aliphatic carbocycles. The molecule has 1 aliphatic heterocycles. The zero-order valence-electron chi connectivity index (χ0n) is 11.7. The van der Waals surface area contributed by atoms with E-state index in [-0.39, 0.29) is 5.75 Å². The number of fused-ring (bicyclic) bond motifs is 1. The molecular weight excluding hydrogens is 304 g/mol. The van der Waals surface area contributed by atoms with Gasteiger partial charge in [-0.2, -0.15) is 0 Å². The molecule has 4 nitrogen and oxygen atoms in total. The van der Waals surface area contributed by atoms with E-state index in [4.69, 9.17) is 0 Å². The second kappa shape index (κ2) is 6.17. The normalized spacial score (nSPS) is 15.5. The van der Waals surface area contributed by atoms with Gasteiger partial charge >= 0.3 is 0 Å². The van der Waals surface area contributed by atoms with Crippen LogP contribution in [0.4, 0.5) is 5.69 Å². The molecule has 0 fully saturated rings. The van der Waals surface area contributed by atoms with E-state index >= 15 is 0 Å². The van der Waals surface area contributed by atoms with Crippen LogP contribution in [0.2, 0.25) is 0 Å². The number of nitrogens with zero attached hydrogens (tertiary/aromatic N) is 1. The highest BCUT2D eigenvalue weighted by molar-refractivity contribution is 7.92. The van der Waals surface area contributed by atoms with Crippen LogP contribution in [-0.2, 0) is 23.0 Å². The summed E-state index contributed by atoms with van der Waals surface area (Å²) in [6.45, 7) is 1.88. The Labute approximate surface area is 129 Å². The molecule has 0 bridgehead atoms. The number of para-hydroxylation sites is 1. The minimum Gasteiger partial charge on any atom is -0.311 e. The van der Waals surface area contributed by atoms with Gasteiger partial charge in [-0.3, -0.25) is 4.31 Å². The maximum Gasteiger partial charge on any atom is 0.235 e. The summed E-state index contributed by atoms with van der Waals surface area (Å²) in [5.74, 6) is 0.155. The molecule has 21 heavy (non-hydrogen) atoms. The van der Waals surface area contributed by atoms with Gasteiger partial charge in [0, 0.05) is 24.5 Å². The molecule has 0 amide bonds. The van der Waals surface area contributed by atoms with Crippen molar-refractivity contribution in [1.29, 1.82) is 0 Å². The van der Waals surface area contributed by atoms with E-state index in [0.29, 0.717) is 26.1 Å². The summed E-state index contributed by atoms with van der Waals surface area (Å²) in [5, 5.41) is 5.25. The first kappa shape index (κ1) is 14.6. The van der Waals surface area contributed by atoms with E-state index < -0.39 is 10.0 Å². The maximum atomic E-state index is 12.7. The Morgan fingerprint density at radius 1 is 1.19 bits per heavy atom. The zero-order chi connectivity index (χ0) is 14.7. The van der Waals surface area contributed by atoms with E-state index in [0.717, 1.165) is 16.1 Å². The molecule has 0 saturated carbocycles. The molecule has 0 unspecified atom stereocenters. The van der Waals surface area contributed by atoms with Crippen LogP contribution >= 0.6 is 11.3 Å². The minimum atomic E-state index is -3.30. The average molecular weight is 322 g/mol. The molecule has 112 valence electrons. The maximum absolute atomic E-state index is 12.7. The van der Waals surface area contributed by atoms with Crippen LogP contribution in [0.15, 0.2) is 41.8 Å². The van der Waals surface area contributed by atoms with Gasteiger partial charge in [-0.15, -0.1) is 11.3 Å². The fourth-order valence-electron chi connectivity index (χ4n) is 2.51. The number of nitrogens with one attached hydrogen (secondary N) is 1. The molecule has 1 aromatic heterocycles. The quantitative estimate of drug-likeness (QED) is 0.939. The van der Waals surface area contributed by atoms with Crippen LogP contribution in [0.3, 0.4) is 0 Å². The van der Waals surface area contributed by atoms with Gasteiger partial charge < -0.3 is 5.32 Å². The molecular formula is C15H18N2O2S2. The number of benzene rings is 1. The van der Waals surface area contributed by atoms with Crippen LogP contribution in [0.25, 0.3) is 0 Å². The van der Waals surface area contributed by atoms with Gasteiger partial charge in [0.15, 0.2) is 0 Å². The third-order valence-corrected chi connectivity index (χ3v) is 6.30. The number of anilines is 1. The molecule has 3 rings (SSSR count). The van der Waals surface area contributed by atoms with E-state index in [1.165, 1.54) is 0 Å². The van der Waals surface area contributed by atoms with Crippen LogP contribution in [0, 0.1) is 0 Å². The first-order valence-electron chi connectivity index (χ1n) is 6.98. The number of aryl methyl sites for hydroxylation is 1. The predicted octanol–water partition coefficient (Wildman–Crippen LogP) is 2.23. The molecule has 0 spiro atoms. The second-order valence-electron chi connectivity index (χ2n) is 5.02. The van der Waals surface area contributed by atoms with E-state index in [2.05, 4.69) is 5.32 Å². The van der Waals surface area contributed by atoms with Crippen molar-refractivity contribution in [1.82, 2.24) is 5.32 Å². The Bertz CT molecular complexity index is 696. The first-order chi connectivity index (χ1) is 10.2. The van der Waals surface area contributed by atoms with Crippen molar-refractivity contribution in [3.8, 4) is 0 Å². The van der Waals surface area contributed by atoms with Gasteiger partial charge in [0.25, 0.3) is 0 Å². The lowest BCUT2D eigenvalue weighted by Crippen LogP contribution is -2.36. The van der Waals surface area contributed by atoms with Crippen molar-refractivity contribution in [2.75, 3.05) is 23.1 Å². The average Bonchev–Trinajstić information content (AvgIpc) is 2.90. The van der Waals surface area contributed by atoms with E-state index in [1.807, 2.05) is 41.8 Å². The van der Waals surface area contributed by atoms with Gasteiger partial charge in [0.2, 0.25) is 10.0 Å². The number of hydrogen-bond acceptors (Lipinski definition) is 4. The SMILES string of the molecule is O=S(=O)(CCc1cccs1)N1CCNCc2ccccc21. The zero-order valence-corrected chi connectivity index (χ0v) is 13.3. The molecule has 1 aromatic carbocycles. The van der Waals surface area contributed by atoms with Gasteiger partial charge in [0.05, 0.1) is 11.4 Å². The molecule has 2 aromatic rings. The Kier molecular flexibility index (Phi) is 4.28. The number of thiophene rings is 1. The van der Waals surface area contributed by atoms with Gasteiger partial charge in [-0.25, -0.2) is 8.42 Å². The summed E-state index contributed by atoms with van der Waals surface area (Å²) >= 11 is 1.60. The van der Waals surface area contributed by atoms with Crippen molar-refractivity contribution in [3.05, 3.63) is 52.2 Å². The fourth-order valence-corrected chi connectivity index (χ4v) is 4.89. The van der Waals surface area contributed by atoms with E-state index in [1.54, 1.807) is 15.6 Å². The van der Waals surface area contributed by atoms with Gasteiger partial charge in [-0.1, -0.05) is 24.3 Å². The Morgan fingerprint density at radius 2 is 2.05 bits per heavy atom. The predicted molar refractivity (Wildman–Crippen MR) is 87.3 cm³/mol. The Hall–Kier alpha value is -1.37. The minimum absolute atomic E-state index is 0.155. The van der Waals surface area contributed by atoms with Crippen molar-refractivity contribution < 1.29 is 8.42 Å². The largest absolute Gasteiger partial charge is 0.311 e. The number of hydrogen-bond donors (Lipinski definition) is 1. The molecule has 0 saturated heterocycles. The standard InChI is InChI=1S/C15H18N2O2S2/c18-21(19,11-7-14-5-3-10-20-14)17-9-8-16-12-13-4-1-2-6-15(13)17/h1-6,10,16H,7-9,11-12H2. The smallest absolute Gasteiger partial charge is 0.235 e. The van der Waals surface area contributed by atoms with Crippen molar-refractivity contribution in [2.24, 2.45) is 0 Å². The van der Waals surface area contributed by atoms with Crippen LogP contribution in [0.5, 0.6) is 0 Å². The van der Waals surface area contributed by atoms with Crippen LogP contribution in [0.1, 0.15) is 10.4 Å². The van der Waals surface area contributed by atoms with Gasteiger partial charge in [0.1, 0.15) is 0 Å². The highest BCUT2D eigenvalue weighted by atomic mass is 32.2. The fraction of sp³-hybridized carbons (Fsp3) is 0.333. The van der Waals surface area contributed by atoms with Crippen LogP contribution in [-0.4, -0.2) is 27.3 Å². The second-order valence-corrected chi connectivity index (χ2v) is 8.07. The van der Waals surface area contributed by atoms with Crippen molar-refractivity contribution >= 4 is 27.0 Å². The monoisotopic (exact) mass is 322 g/mol. The topological polar surface area (TPSA) is 49.4 Å². The molecule has 0 atom stereocenters. The lowest BCUT2D eigenvalue weighted by Gasteiger charge is -2.24. The summed E-state index contributed by atoms with van der Waals surface area (Å²) in [6, 6.07) is 11.7. The lowest BCUT2D eigenvalue weighted by atomic mass is 10.2. The molecule has 6 heteroatoms. The van der Waals surface area contributed by atoms with Crippen molar-refractivity contribution in [2.45, 2.75) is 13.0 Å². The van der Waals surface area contributed by atoms with Gasteiger partial charge in [-0.05, 0) is 29.5 Å². The summed E-state index contributed by atoms with van der Waals surface area (Å²) in [6.07, 6.45) is 0.575. The third-order valence-electron chi connectivity index (χ3n) is 3.59. The Morgan fingerprint density at radius 3 is 2.86 bits per heavy atom. The summed E-state index contributed by atoms with van der Waals surface area (Å²) < 4.78 is 27.0. The lowest BCUT2D eigenvalue weighted by molar-refractivity contribution is 0.589. The van der Waals surface area contributed by atoms with Crippen LogP contribution < -0.4 is 9.62 Å². The summed E-state index contributed by atoms with van der Waals surface area (Å²) in [5.41, 5.74) is 1.85. The Balaban J connectivity index is 1.84. The first-order valence-corrected chi connectivity index (χ1v) is 9.47. The highest BCUT2D eigenvalue weighted by Gasteiger charge is 2.25. The molecule has 2 heterocycles.